The molecule has 0 atom stereocenters. The summed E-state index contributed by atoms with van der Waals surface area (Å²) in [7, 11) is 1.37. The molecule has 206 valence electrons. The summed E-state index contributed by atoms with van der Waals surface area (Å²) in [4.78, 5) is 17.6. The highest BCUT2D eigenvalue weighted by atomic mass is 19.1. The number of methoxy groups -OCH3 is 1. The van der Waals surface area contributed by atoms with Gasteiger partial charge in [0.2, 0.25) is 5.95 Å². The Hall–Kier alpha value is -4.05. The third kappa shape index (κ3) is 7.73. The predicted molar refractivity (Wildman–Crippen MR) is 144 cm³/mol. The zero-order chi connectivity index (χ0) is 27.6. The number of hydrogen-bond donors (Lipinski definition) is 2. The van der Waals surface area contributed by atoms with Gasteiger partial charge in [0.05, 0.1) is 25.1 Å². The smallest absolute Gasteiger partial charge is 0.227 e. The molecule has 10 heteroatoms. The number of carbonyl (C=O) groups is 1. The number of aromatic nitrogens is 2. The Labute approximate surface area is 226 Å². The molecule has 5 rings (SSSR count). The van der Waals surface area contributed by atoms with Gasteiger partial charge in [-0.2, -0.15) is 0 Å². The summed E-state index contributed by atoms with van der Waals surface area (Å²) in [6, 6.07) is 9.08. The maximum Gasteiger partial charge on any atom is 0.227 e. The summed E-state index contributed by atoms with van der Waals surface area (Å²) in [5, 5.41) is 6.46. The van der Waals surface area contributed by atoms with E-state index in [4.69, 9.17) is 19.0 Å². The fourth-order valence-electron chi connectivity index (χ4n) is 4.15. The molecule has 3 aromatic rings. The molecule has 1 aliphatic heterocycles. The first-order chi connectivity index (χ1) is 19.0. The number of nitrogens with zero attached hydrogens (tertiary/aromatic N) is 2. The molecule has 0 spiro atoms. The monoisotopic (exact) mass is 538 g/mol. The van der Waals surface area contributed by atoms with E-state index in [0.717, 1.165) is 50.2 Å². The van der Waals surface area contributed by atoms with Crippen molar-refractivity contribution in [2.45, 2.75) is 44.3 Å². The standard InChI is InChI=1S/C26H28F2N4O3.C3H4O/c1-33-23-12-21(16-5-6-16)24(27)22(25(23)28)15-34-20-13-30-26(31-14-20)32-17-3-2-4-19(11-17)35-18-7-9-29-10-8-18;1-2-3-4/h2-4,11-14,16,18,29H,5-10,15H2,1H3,(H,30,31,32);2-3H,1H2. The lowest BCUT2D eigenvalue weighted by atomic mass is 10.0. The molecular weight excluding hydrogens is 506 g/mol. The van der Waals surface area contributed by atoms with Crippen molar-refractivity contribution in [3.63, 3.8) is 0 Å². The highest BCUT2D eigenvalue weighted by Crippen LogP contribution is 2.44. The number of nitrogens with one attached hydrogen (secondary N) is 2. The second-order valence-electron chi connectivity index (χ2n) is 9.17. The van der Waals surface area contributed by atoms with E-state index in [1.54, 1.807) is 0 Å². The zero-order valence-electron chi connectivity index (χ0n) is 21.8. The first-order valence-corrected chi connectivity index (χ1v) is 12.8. The first-order valence-electron chi connectivity index (χ1n) is 12.8. The minimum absolute atomic E-state index is 0.0223. The molecule has 1 aromatic heterocycles. The van der Waals surface area contributed by atoms with Gasteiger partial charge < -0.3 is 24.8 Å². The Morgan fingerprint density at radius 1 is 1.08 bits per heavy atom. The fourth-order valence-corrected chi connectivity index (χ4v) is 4.15. The van der Waals surface area contributed by atoms with Gasteiger partial charge in [0.25, 0.3) is 0 Å². The summed E-state index contributed by atoms with van der Waals surface area (Å²) >= 11 is 0. The number of piperidine rings is 1. The lowest BCUT2D eigenvalue weighted by Crippen LogP contribution is -2.34. The summed E-state index contributed by atoms with van der Waals surface area (Å²) in [5.74, 6) is 0.264. The average molecular weight is 539 g/mol. The van der Waals surface area contributed by atoms with Crippen molar-refractivity contribution in [1.29, 1.82) is 0 Å². The van der Waals surface area contributed by atoms with Crippen LogP contribution in [-0.2, 0) is 11.4 Å². The Morgan fingerprint density at radius 3 is 2.44 bits per heavy atom. The third-order valence-corrected chi connectivity index (χ3v) is 6.31. The molecule has 0 bridgehead atoms. The van der Waals surface area contributed by atoms with E-state index >= 15 is 0 Å². The number of carbonyl (C=O) groups excluding carboxylic acids is 1. The maximum absolute atomic E-state index is 14.9. The predicted octanol–water partition coefficient (Wildman–Crippen LogP) is 5.47. The van der Waals surface area contributed by atoms with Crippen LogP contribution >= 0.6 is 0 Å². The molecule has 2 fully saturated rings. The number of hydrogen-bond acceptors (Lipinski definition) is 8. The summed E-state index contributed by atoms with van der Waals surface area (Å²) in [6.45, 7) is 4.74. The number of ether oxygens (including phenoxy) is 3. The van der Waals surface area contributed by atoms with E-state index in [-0.39, 0.29) is 29.9 Å². The van der Waals surface area contributed by atoms with Crippen LogP contribution in [0.15, 0.2) is 55.4 Å². The number of rotatable bonds is 10. The zero-order valence-corrected chi connectivity index (χ0v) is 21.8. The summed E-state index contributed by atoms with van der Waals surface area (Å²) < 4.78 is 46.4. The molecule has 1 aliphatic carbocycles. The van der Waals surface area contributed by atoms with Crippen LogP contribution < -0.4 is 24.8 Å². The van der Waals surface area contributed by atoms with E-state index in [0.29, 0.717) is 23.5 Å². The van der Waals surface area contributed by atoms with Crippen LogP contribution in [0.3, 0.4) is 0 Å². The van der Waals surface area contributed by atoms with Crippen LogP contribution in [0.5, 0.6) is 17.2 Å². The van der Waals surface area contributed by atoms with Crippen molar-refractivity contribution < 1.29 is 27.8 Å². The molecule has 1 saturated carbocycles. The molecule has 2 N–H and O–H groups in total. The van der Waals surface area contributed by atoms with Crippen molar-refractivity contribution in [1.82, 2.24) is 15.3 Å². The van der Waals surface area contributed by atoms with Crippen LogP contribution in [0.2, 0.25) is 0 Å². The lowest BCUT2D eigenvalue weighted by Gasteiger charge is -2.24. The third-order valence-electron chi connectivity index (χ3n) is 6.31. The van der Waals surface area contributed by atoms with Crippen molar-refractivity contribution in [2.75, 3.05) is 25.5 Å². The van der Waals surface area contributed by atoms with Crippen molar-refractivity contribution >= 4 is 17.9 Å². The minimum atomic E-state index is -0.750. The summed E-state index contributed by atoms with van der Waals surface area (Å²) in [5.41, 5.74) is 1.11. The Bertz CT molecular complexity index is 1260. The Kier molecular flexibility index (Phi) is 9.80. The van der Waals surface area contributed by atoms with Crippen molar-refractivity contribution in [2.24, 2.45) is 0 Å². The van der Waals surface area contributed by atoms with Gasteiger partial charge >= 0.3 is 0 Å². The molecule has 2 aliphatic rings. The van der Waals surface area contributed by atoms with Crippen LogP contribution in [-0.4, -0.2) is 42.6 Å². The fraction of sp³-hybridized carbons (Fsp3) is 0.345. The van der Waals surface area contributed by atoms with E-state index in [1.165, 1.54) is 31.6 Å². The van der Waals surface area contributed by atoms with Gasteiger partial charge in [-0.05, 0) is 74.5 Å². The Balaban J connectivity index is 0.000000826. The molecule has 8 nitrogen and oxygen atoms in total. The minimum Gasteiger partial charge on any atom is -0.494 e. The van der Waals surface area contributed by atoms with Gasteiger partial charge in [-0.15, -0.1) is 0 Å². The highest BCUT2D eigenvalue weighted by molar-refractivity contribution is 5.63. The number of benzene rings is 2. The van der Waals surface area contributed by atoms with Crippen LogP contribution in [0.25, 0.3) is 0 Å². The van der Waals surface area contributed by atoms with Crippen molar-refractivity contribution in [3.05, 3.63) is 78.1 Å². The molecule has 2 aromatic carbocycles. The Morgan fingerprint density at radius 2 is 1.79 bits per heavy atom. The average Bonchev–Trinajstić information content (AvgIpc) is 3.80. The number of allylic oxidation sites excluding steroid dienone is 1. The molecule has 1 saturated heterocycles. The van der Waals surface area contributed by atoms with Gasteiger partial charge in [-0.25, -0.2) is 18.7 Å². The first kappa shape index (κ1) is 28.0. The van der Waals surface area contributed by atoms with Crippen LogP contribution in [0.1, 0.15) is 42.7 Å². The lowest BCUT2D eigenvalue weighted by molar-refractivity contribution is -0.104. The van der Waals surface area contributed by atoms with Crippen LogP contribution in [0, 0.1) is 11.6 Å². The number of aldehydes is 1. The van der Waals surface area contributed by atoms with Gasteiger partial charge in [0.1, 0.15) is 30.6 Å². The maximum atomic E-state index is 14.9. The summed E-state index contributed by atoms with van der Waals surface area (Å²) in [6.07, 6.45) is 8.70. The molecular formula is C29H32F2N4O4. The van der Waals surface area contributed by atoms with E-state index < -0.39 is 11.6 Å². The molecule has 0 amide bonds. The van der Waals surface area contributed by atoms with E-state index in [2.05, 4.69) is 27.2 Å². The molecule has 0 unspecified atom stereocenters. The van der Waals surface area contributed by atoms with E-state index in [9.17, 15) is 8.78 Å². The second-order valence-corrected chi connectivity index (χ2v) is 9.17. The molecule has 39 heavy (non-hydrogen) atoms. The van der Waals surface area contributed by atoms with Gasteiger partial charge in [-0.3, -0.25) is 4.79 Å². The normalized spacial score (nSPS) is 14.9. The number of halogens is 2. The highest BCUT2D eigenvalue weighted by Gasteiger charge is 2.31. The van der Waals surface area contributed by atoms with Gasteiger partial charge in [0.15, 0.2) is 17.3 Å². The topological polar surface area (TPSA) is 94.6 Å². The van der Waals surface area contributed by atoms with E-state index in [1.807, 2.05) is 24.3 Å². The molecule has 2 heterocycles. The quantitative estimate of drug-likeness (QED) is 0.259. The largest absolute Gasteiger partial charge is 0.494 e. The van der Waals surface area contributed by atoms with Gasteiger partial charge in [-0.1, -0.05) is 12.6 Å². The SMILES string of the molecule is C=CC=O.COc1cc(C2CC2)c(F)c(COc2cnc(Nc3cccc(OC4CCNCC4)c3)nc2)c1F. The van der Waals surface area contributed by atoms with Gasteiger partial charge in [0, 0.05) is 11.8 Å². The number of anilines is 2. The second kappa shape index (κ2) is 13.7. The molecule has 0 radical (unpaired) electrons. The van der Waals surface area contributed by atoms with Crippen molar-refractivity contribution in [3.8, 4) is 17.2 Å². The van der Waals surface area contributed by atoms with Crippen LogP contribution in [0.4, 0.5) is 20.4 Å².